The van der Waals surface area contributed by atoms with Crippen LogP contribution in [0.3, 0.4) is 0 Å². The summed E-state index contributed by atoms with van der Waals surface area (Å²) in [4.78, 5) is 0. The summed E-state index contributed by atoms with van der Waals surface area (Å²) < 4.78 is 5.88. The van der Waals surface area contributed by atoms with Crippen LogP contribution in [-0.4, -0.2) is 50.6 Å². The molecule has 2 aromatic carbocycles. The number of rotatable bonds is 4. The third kappa shape index (κ3) is 3.68. The molecule has 0 spiro atoms. The first-order valence-corrected chi connectivity index (χ1v) is 10.4. The Morgan fingerprint density at radius 3 is 2.50 bits per heavy atom. The maximum absolute atomic E-state index is 10.5. The van der Waals surface area contributed by atoms with E-state index in [0.717, 1.165) is 27.9 Å². The van der Waals surface area contributed by atoms with Crippen molar-refractivity contribution in [3.8, 4) is 0 Å². The number of aliphatic hydroxyl groups is 4. The summed E-state index contributed by atoms with van der Waals surface area (Å²) in [5.74, 6) is 0.779. The zero-order chi connectivity index (χ0) is 19.8. The Labute approximate surface area is 171 Å². The summed E-state index contributed by atoms with van der Waals surface area (Å²) in [6.07, 6.45) is -3.16. The molecule has 0 radical (unpaired) electrons. The molecule has 5 nitrogen and oxygen atoms in total. The molecule has 148 valence electrons. The monoisotopic (exact) mass is 420 g/mol. The molecule has 4 rings (SSSR count). The standard InChI is InChI=1S/C21H21ClO5S/c22-15-6-5-12(21-20(26)19(25)18(24)17(10-23)28-21)7-13(15)9-14-8-11-3-1-2-4-16(11)27-14/h1-8,17-21,23-26H,9-10H2/t17-,18-,19+,20-,21+/m1/s1. The fraction of sp³-hybridized carbons (Fsp3) is 0.333. The Bertz CT molecular complexity index is 939. The number of benzene rings is 2. The van der Waals surface area contributed by atoms with Crippen molar-refractivity contribution in [1.82, 2.24) is 0 Å². The molecular formula is C21H21ClO5S. The molecule has 0 amide bonds. The number of hydrogen-bond acceptors (Lipinski definition) is 6. The minimum absolute atomic E-state index is 0.286. The molecule has 1 aromatic heterocycles. The second kappa shape index (κ2) is 8.06. The third-order valence-corrected chi connectivity index (χ3v) is 7.12. The lowest BCUT2D eigenvalue weighted by Gasteiger charge is -2.39. The van der Waals surface area contributed by atoms with Crippen molar-refractivity contribution in [2.75, 3.05) is 6.61 Å². The molecule has 0 aliphatic carbocycles. The first-order valence-electron chi connectivity index (χ1n) is 9.04. The Balaban J connectivity index is 1.63. The predicted octanol–water partition coefficient (Wildman–Crippen LogP) is 2.91. The van der Waals surface area contributed by atoms with Crippen molar-refractivity contribution in [2.45, 2.75) is 35.2 Å². The van der Waals surface area contributed by atoms with E-state index in [1.165, 1.54) is 11.8 Å². The van der Waals surface area contributed by atoms with Gasteiger partial charge in [-0.1, -0.05) is 41.9 Å². The van der Waals surface area contributed by atoms with E-state index in [9.17, 15) is 20.4 Å². The highest BCUT2D eigenvalue weighted by Gasteiger charge is 2.43. The average molecular weight is 421 g/mol. The van der Waals surface area contributed by atoms with Gasteiger partial charge in [-0.2, -0.15) is 0 Å². The van der Waals surface area contributed by atoms with Gasteiger partial charge in [-0.25, -0.2) is 0 Å². The highest BCUT2D eigenvalue weighted by Crippen LogP contribution is 2.43. The van der Waals surface area contributed by atoms with Gasteiger partial charge in [-0.05, 0) is 29.3 Å². The molecule has 1 aliphatic rings. The first kappa shape index (κ1) is 19.8. The van der Waals surface area contributed by atoms with Crippen molar-refractivity contribution in [1.29, 1.82) is 0 Å². The molecule has 0 unspecified atom stereocenters. The van der Waals surface area contributed by atoms with Crippen LogP contribution in [0.15, 0.2) is 52.9 Å². The van der Waals surface area contributed by atoms with Crippen LogP contribution in [0.2, 0.25) is 5.02 Å². The maximum atomic E-state index is 10.5. The molecule has 5 atom stereocenters. The molecular weight excluding hydrogens is 400 g/mol. The van der Waals surface area contributed by atoms with Crippen molar-refractivity contribution >= 4 is 34.3 Å². The number of para-hydroxylation sites is 1. The van der Waals surface area contributed by atoms with Gasteiger partial charge in [0.1, 0.15) is 17.4 Å². The topological polar surface area (TPSA) is 94.1 Å². The Morgan fingerprint density at radius 1 is 0.964 bits per heavy atom. The lowest BCUT2D eigenvalue weighted by molar-refractivity contribution is -0.0700. The smallest absolute Gasteiger partial charge is 0.134 e. The van der Waals surface area contributed by atoms with Crippen molar-refractivity contribution in [3.63, 3.8) is 0 Å². The van der Waals surface area contributed by atoms with E-state index < -0.39 is 28.8 Å². The molecule has 28 heavy (non-hydrogen) atoms. The summed E-state index contributed by atoms with van der Waals surface area (Å²) in [5, 5.41) is 40.7. The third-order valence-electron chi connectivity index (χ3n) is 5.13. The fourth-order valence-corrected chi connectivity index (χ4v) is 5.19. The van der Waals surface area contributed by atoms with Crippen LogP contribution < -0.4 is 0 Å². The second-order valence-electron chi connectivity index (χ2n) is 7.03. The van der Waals surface area contributed by atoms with Crippen molar-refractivity contribution in [2.24, 2.45) is 0 Å². The number of thioether (sulfide) groups is 1. The summed E-state index contributed by atoms with van der Waals surface area (Å²) >= 11 is 7.64. The van der Waals surface area contributed by atoms with E-state index >= 15 is 0 Å². The van der Waals surface area contributed by atoms with Gasteiger partial charge in [0.2, 0.25) is 0 Å². The molecule has 7 heteroatoms. The van der Waals surface area contributed by atoms with Gasteiger partial charge in [0.25, 0.3) is 0 Å². The van der Waals surface area contributed by atoms with Crippen LogP contribution in [0.25, 0.3) is 11.0 Å². The molecule has 1 aliphatic heterocycles. The average Bonchev–Trinajstić information content (AvgIpc) is 3.11. The maximum Gasteiger partial charge on any atom is 0.134 e. The number of furan rings is 1. The van der Waals surface area contributed by atoms with E-state index in [2.05, 4.69) is 0 Å². The number of halogens is 1. The summed E-state index contributed by atoms with van der Waals surface area (Å²) in [6.45, 7) is -0.286. The minimum atomic E-state index is -1.32. The highest BCUT2D eigenvalue weighted by molar-refractivity contribution is 8.00. The SMILES string of the molecule is OC[C@H]1S[C@@H](c2ccc(Cl)c(Cc3cc4ccccc4o3)c2)[C@H](O)[C@@H](O)[C@@H]1O. The zero-order valence-electron chi connectivity index (χ0n) is 14.9. The van der Waals surface area contributed by atoms with E-state index in [1.54, 1.807) is 12.1 Å². The second-order valence-corrected chi connectivity index (χ2v) is 8.82. The quantitative estimate of drug-likeness (QED) is 0.518. The van der Waals surface area contributed by atoms with Gasteiger partial charge in [-0.15, -0.1) is 11.8 Å². The van der Waals surface area contributed by atoms with Gasteiger partial charge in [0, 0.05) is 16.8 Å². The number of hydrogen-bond donors (Lipinski definition) is 4. The number of aliphatic hydroxyl groups excluding tert-OH is 4. The van der Waals surface area contributed by atoms with Crippen molar-refractivity contribution in [3.05, 3.63) is 70.4 Å². The fourth-order valence-electron chi connectivity index (χ4n) is 3.60. The van der Waals surface area contributed by atoms with Gasteiger partial charge in [0.15, 0.2) is 0 Å². The summed E-state index contributed by atoms with van der Waals surface area (Å²) in [7, 11) is 0. The van der Waals surface area contributed by atoms with Crippen LogP contribution >= 0.6 is 23.4 Å². The summed E-state index contributed by atoms with van der Waals surface area (Å²) in [6, 6.07) is 15.2. The van der Waals surface area contributed by atoms with Crippen molar-refractivity contribution < 1.29 is 24.8 Å². The normalized spacial score (nSPS) is 28.0. The first-order chi connectivity index (χ1) is 13.5. The molecule has 3 aromatic rings. The van der Waals surface area contributed by atoms with Gasteiger partial charge in [0.05, 0.1) is 29.3 Å². The molecule has 0 bridgehead atoms. The highest BCUT2D eigenvalue weighted by atomic mass is 35.5. The molecule has 1 fully saturated rings. The largest absolute Gasteiger partial charge is 0.461 e. The van der Waals surface area contributed by atoms with E-state index in [1.807, 2.05) is 36.4 Å². The van der Waals surface area contributed by atoms with Crippen LogP contribution in [-0.2, 0) is 6.42 Å². The van der Waals surface area contributed by atoms with Gasteiger partial charge < -0.3 is 24.8 Å². The Kier molecular flexibility index (Phi) is 5.69. The zero-order valence-corrected chi connectivity index (χ0v) is 16.5. The molecule has 0 saturated carbocycles. The van der Waals surface area contributed by atoms with Crippen LogP contribution in [0.4, 0.5) is 0 Å². The molecule has 2 heterocycles. The Hall–Kier alpha value is -1.54. The molecule has 4 N–H and O–H groups in total. The van der Waals surface area contributed by atoms with Crippen LogP contribution in [0.1, 0.15) is 22.1 Å². The van der Waals surface area contributed by atoms with E-state index in [0.29, 0.717) is 11.4 Å². The predicted molar refractivity (Wildman–Crippen MR) is 110 cm³/mol. The minimum Gasteiger partial charge on any atom is -0.461 e. The van der Waals surface area contributed by atoms with E-state index in [4.69, 9.17) is 16.0 Å². The van der Waals surface area contributed by atoms with E-state index in [-0.39, 0.29) is 6.61 Å². The van der Waals surface area contributed by atoms with Crippen LogP contribution in [0.5, 0.6) is 0 Å². The molecule has 1 saturated heterocycles. The van der Waals surface area contributed by atoms with Gasteiger partial charge in [-0.3, -0.25) is 0 Å². The lowest BCUT2D eigenvalue weighted by Crippen LogP contribution is -2.51. The van der Waals surface area contributed by atoms with Crippen LogP contribution in [0, 0.1) is 0 Å². The summed E-state index contributed by atoms with van der Waals surface area (Å²) in [5.41, 5.74) is 2.43. The Morgan fingerprint density at radius 2 is 1.75 bits per heavy atom. The number of fused-ring (bicyclic) bond motifs is 1. The lowest BCUT2D eigenvalue weighted by atomic mass is 9.95. The van der Waals surface area contributed by atoms with Gasteiger partial charge >= 0.3 is 0 Å².